The van der Waals surface area contributed by atoms with Crippen LogP contribution in [0.2, 0.25) is 0 Å². The third-order valence-electron chi connectivity index (χ3n) is 7.45. The zero-order valence-electron chi connectivity index (χ0n) is 21.5. The zero-order chi connectivity index (χ0) is 26.8. The smallest absolute Gasteiger partial charge is 0.332 e. The second-order valence-corrected chi connectivity index (χ2v) is 10.1. The van der Waals surface area contributed by atoms with E-state index in [4.69, 9.17) is 0 Å². The van der Waals surface area contributed by atoms with Gasteiger partial charge in [-0.25, -0.2) is 14.8 Å². The van der Waals surface area contributed by atoms with E-state index >= 15 is 0 Å². The van der Waals surface area contributed by atoms with Crippen LogP contribution < -0.4 is 11.2 Å². The summed E-state index contributed by atoms with van der Waals surface area (Å²) in [5.41, 5.74) is -0.202. The van der Waals surface area contributed by atoms with E-state index < -0.39 is 29.0 Å². The van der Waals surface area contributed by atoms with Crippen molar-refractivity contribution < 1.29 is 15.0 Å². The van der Waals surface area contributed by atoms with Crippen LogP contribution in [0.15, 0.2) is 34.1 Å². The molecule has 196 valence electrons. The molecule has 1 fully saturated rings. The van der Waals surface area contributed by atoms with Gasteiger partial charge in [0, 0.05) is 32.7 Å². The Bertz CT molecular complexity index is 1660. The molecule has 1 aromatic carbocycles. The topological polar surface area (TPSA) is 140 Å². The Morgan fingerprint density at radius 1 is 1.22 bits per heavy atom. The van der Waals surface area contributed by atoms with Gasteiger partial charge in [0.15, 0.2) is 11.2 Å². The lowest BCUT2D eigenvalue weighted by Gasteiger charge is -2.34. The first-order valence-electron chi connectivity index (χ1n) is 12.2. The molecule has 0 saturated carbocycles. The maximum Gasteiger partial charge on any atom is 0.332 e. The van der Waals surface area contributed by atoms with Gasteiger partial charge in [0.25, 0.3) is 11.5 Å². The molecule has 0 aliphatic carbocycles. The van der Waals surface area contributed by atoms with E-state index in [-0.39, 0.29) is 36.6 Å². The molecule has 5 rings (SSSR count). The SMILES string of the molecule is CCn1c(C)nc2cc(C(=O)N3C[C@H](O)C[C@@H](n4cnc5c4c(=O)n(C)c(=O)n5C)[C@](C)(O)C3)ccc21. The second kappa shape index (κ2) is 8.67. The Hall–Kier alpha value is -3.77. The number of aliphatic hydroxyl groups excluding tert-OH is 1. The number of aliphatic hydroxyl groups is 2. The first kappa shape index (κ1) is 24.9. The fourth-order valence-corrected chi connectivity index (χ4v) is 5.53. The van der Waals surface area contributed by atoms with Crippen LogP contribution in [0.1, 0.15) is 42.5 Å². The highest BCUT2D eigenvalue weighted by atomic mass is 16.3. The van der Waals surface area contributed by atoms with Gasteiger partial charge < -0.3 is 24.2 Å². The van der Waals surface area contributed by atoms with E-state index in [1.165, 1.54) is 34.5 Å². The van der Waals surface area contributed by atoms with Gasteiger partial charge in [0.2, 0.25) is 0 Å². The van der Waals surface area contributed by atoms with Crippen LogP contribution in [-0.4, -0.2) is 74.1 Å². The maximum atomic E-state index is 13.5. The standard InChI is InChI=1S/C25H31N7O5/c1-6-31-14(2)27-17-9-15(7-8-18(17)31)22(34)30-11-16(33)10-19(25(3,37)12-30)32-13-26-21-20(32)23(35)29(5)24(36)28(21)4/h7-9,13,16,19,33,37H,6,10-12H2,1-5H3/t16-,19-,25-/m1/s1. The van der Waals surface area contributed by atoms with Gasteiger partial charge in [-0.05, 0) is 45.4 Å². The molecule has 4 aromatic rings. The number of aryl methyl sites for hydroxylation is 3. The van der Waals surface area contributed by atoms with Gasteiger partial charge in [-0.15, -0.1) is 0 Å². The van der Waals surface area contributed by atoms with Crippen LogP contribution >= 0.6 is 0 Å². The summed E-state index contributed by atoms with van der Waals surface area (Å²) in [5, 5.41) is 22.5. The minimum Gasteiger partial charge on any atom is -0.391 e. The number of aromatic nitrogens is 6. The summed E-state index contributed by atoms with van der Waals surface area (Å²) in [4.78, 5) is 49.1. The number of rotatable bonds is 3. The molecule has 1 aliphatic heterocycles. The largest absolute Gasteiger partial charge is 0.391 e. The molecule has 1 aliphatic rings. The van der Waals surface area contributed by atoms with Crippen molar-refractivity contribution in [1.82, 2.24) is 33.1 Å². The molecule has 1 saturated heterocycles. The highest BCUT2D eigenvalue weighted by Crippen LogP contribution is 2.34. The number of hydrogen-bond donors (Lipinski definition) is 2. The first-order chi connectivity index (χ1) is 17.4. The zero-order valence-corrected chi connectivity index (χ0v) is 21.5. The molecule has 1 amide bonds. The molecule has 3 atom stereocenters. The van der Waals surface area contributed by atoms with E-state index in [2.05, 4.69) is 14.5 Å². The van der Waals surface area contributed by atoms with Gasteiger partial charge in [0.1, 0.15) is 11.4 Å². The number of carbonyl (C=O) groups is 1. The average Bonchev–Trinajstić information content (AvgIpc) is 3.39. The third-order valence-corrected chi connectivity index (χ3v) is 7.45. The molecule has 0 unspecified atom stereocenters. The van der Waals surface area contributed by atoms with Crippen LogP contribution in [0.25, 0.3) is 22.2 Å². The fourth-order valence-electron chi connectivity index (χ4n) is 5.53. The van der Waals surface area contributed by atoms with E-state index in [1.807, 2.05) is 19.9 Å². The van der Waals surface area contributed by atoms with Crippen LogP contribution in [0.4, 0.5) is 0 Å². The predicted molar refractivity (Wildman–Crippen MR) is 137 cm³/mol. The monoisotopic (exact) mass is 509 g/mol. The van der Waals surface area contributed by atoms with Crippen LogP contribution in [0, 0.1) is 6.92 Å². The minimum atomic E-state index is -1.52. The van der Waals surface area contributed by atoms with E-state index in [0.717, 1.165) is 22.5 Å². The number of nitrogens with zero attached hydrogens (tertiary/aromatic N) is 7. The molecule has 0 bridgehead atoms. The Morgan fingerprint density at radius 3 is 2.65 bits per heavy atom. The third kappa shape index (κ3) is 3.87. The van der Waals surface area contributed by atoms with Gasteiger partial charge in [-0.2, -0.15) is 0 Å². The summed E-state index contributed by atoms with van der Waals surface area (Å²) < 4.78 is 5.82. The Labute approximate surface area is 212 Å². The summed E-state index contributed by atoms with van der Waals surface area (Å²) in [6.45, 7) is 6.21. The van der Waals surface area contributed by atoms with Crippen LogP contribution in [0.5, 0.6) is 0 Å². The number of hydrogen-bond acceptors (Lipinski definition) is 7. The summed E-state index contributed by atoms with van der Waals surface area (Å²) in [6, 6.07) is 4.54. The minimum absolute atomic E-state index is 0.00900. The molecule has 0 radical (unpaired) electrons. The Morgan fingerprint density at radius 2 is 1.95 bits per heavy atom. The normalized spacial score (nSPS) is 22.6. The number of imidazole rings is 2. The lowest BCUT2D eigenvalue weighted by Crippen LogP contribution is -2.47. The van der Waals surface area contributed by atoms with Crippen molar-refractivity contribution in [3.05, 3.63) is 56.8 Å². The van der Waals surface area contributed by atoms with Crippen molar-refractivity contribution >= 4 is 28.1 Å². The number of carbonyl (C=O) groups excluding carboxylic acids is 1. The molecule has 0 spiro atoms. The van der Waals surface area contributed by atoms with Crippen molar-refractivity contribution in [2.24, 2.45) is 14.1 Å². The second-order valence-electron chi connectivity index (χ2n) is 10.1. The van der Waals surface area contributed by atoms with Crippen molar-refractivity contribution in [2.45, 2.75) is 51.5 Å². The highest BCUT2D eigenvalue weighted by molar-refractivity contribution is 5.97. The van der Waals surface area contributed by atoms with Gasteiger partial charge in [0.05, 0.1) is 36.1 Å². The quantitative estimate of drug-likeness (QED) is 0.405. The van der Waals surface area contributed by atoms with Crippen molar-refractivity contribution in [1.29, 1.82) is 0 Å². The molecule has 12 heteroatoms. The maximum absolute atomic E-state index is 13.5. The molecule has 2 N–H and O–H groups in total. The van der Waals surface area contributed by atoms with Gasteiger partial charge in [-0.3, -0.25) is 18.7 Å². The molecular formula is C25H31N7O5. The number of benzene rings is 1. The first-order valence-corrected chi connectivity index (χ1v) is 12.2. The van der Waals surface area contributed by atoms with Crippen LogP contribution in [0.3, 0.4) is 0 Å². The molecular weight excluding hydrogens is 478 g/mol. The van der Waals surface area contributed by atoms with E-state index in [0.29, 0.717) is 11.1 Å². The molecule has 12 nitrogen and oxygen atoms in total. The summed E-state index contributed by atoms with van der Waals surface area (Å²) in [6.07, 6.45) is 0.504. The summed E-state index contributed by atoms with van der Waals surface area (Å²) in [7, 11) is 2.90. The Kier molecular flexibility index (Phi) is 5.83. The van der Waals surface area contributed by atoms with Crippen molar-refractivity contribution in [3.63, 3.8) is 0 Å². The summed E-state index contributed by atoms with van der Waals surface area (Å²) in [5.74, 6) is 0.522. The molecule has 4 heterocycles. The fraction of sp³-hybridized carbons (Fsp3) is 0.480. The van der Waals surface area contributed by atoms with Gasteiger partial charge in [-0.1, -0.05) is 0 Å². The number of fused-ring (bicyclic) bond motifs is 2. The number of amides is 1. The number of likely N-dealkylation sites (tertiary alicyclic amines) is 1. The van der Waals surface area contributed by atoms with Crippen molar-refractivity contribution in [2.75, 3.05) is 13.1 Å². The average molecular weight is 510 g/mol. The number of β-amino-alcohol motifs (C(OH)–C–C–N with tert-alkyl or cyclic N) is 2. The van der Waals surface area contributed by atoms with Crippen molar-refractivity contribution in [3.8, 4) is 0 Å². The molecule has 3 aromatic heterocycles. The summed E-state index contributed by atoms with van der Waals surface area (Å²) >= 11 is 0. The highest BCUT2D eigenvalue weighted by Gasteiger charge is 2.42. The van der Waals surface area contributed by atoms with E-state index in [9.17, 15) is 24.6 Å². The predicted octanol–water partition coefficient (Wildman–Crippen LogP) is 0.311. The lowest BCUT2D eigenvalue weighted by atomic mass is 9.92. The Balaban J connectivity index is 1.52. The van der Waals surface area contributed by atoms with Gasteiger partial charge >= 0.3 is 5.69 Å². The van der Waals surface area contributed by atoms with E-state index in [1.54, 1.807) is 19.1 Å². The molecule has 37 heavy (non-hydrogen) atoms. The lowest BCUT2D eigenvalue weighted by molar-refractivity contribution is -0.0121. The van der Waals surface area contributed by atoms with Crippen LogP contribution in [-0.2, 0) is 20.6 Å².